The lowest BCUT2D eigenvalue weighted by Gasteiger charge is -2.24. The van der Waals surface area contributed by atoms with E-state index in [0.29, 0.717) is 19.0 Å². The Labute approximate surface area is 96.6 Å². The van der Waals surface area contributed by atoms with Gasteiger partial charge in [-0.1, -0.05) is 0 Å². The fourth-order valence-corrected chi connectivity index (χ4v) is 2.28. The van der Waals surface area contributed by atoms with Crippen molar-refractivity contribution in [2.24, 2.45) is 11.8 Å². The number of carbonyl (C=O) groups is 1. The number of aliphatic hydroxyl groups excluding tert-OH is 1. The minimum Gasteiger partial charge on any atom is -0.444 e. The molecule has 0 spiro atoms. The SMILES string of the molecule is CC(C)(C)OC(=O)N1C[C@@H](O)[C@@H](C2CC2)C1. The van der Waals surface area contributed by atoms with Crippen molar-refractivity contribution in [3.63, 3.8) is 0 Å². The van der Waals surface area contributed by atoms with Gasteiger partial charge >= 0.3 is 6.09 Å². The Balaban J connectivity index is 1.89. The van der Waals surface area contributed by atoms with E-state index < -0.39 is 5.60 Å². The minimum atomic E-state index is -0.459. The number of rotatable bonds is 1. The third-order valence-corrected chi connectivity index (χ3v) is 3.21. The van der Waals surface area contributed by atoms with Gasteiger partial charge in [-0.05, 0) is 39.5 Å². The van der Waals surface area contributed by atoms with Gasteiger partial charge in [0, 0.05) is 12.5 Å². The maximum atomic E-state index is 11.8. The summed E-state index contributed by atoms with van der Waals surface area (Å²) in [6, 6.07) is 0. The molecule has 0 aromatic heterocycles. The lowest BCUT2D eigenvalue weighted by atomic mass is 10.0. The molecule has 1 aliphatic carbocycles. The second-order valence-electron chi connectivity index (χ2n) is 5.95. The van der Waals surface area contributed by atoms with E-state index in [1.54, 1.807) is 4.90 Å². The zero-order valence-corrected chi connectivity index (χ0v) is 10.3. The summed E-state index contributed by atoms with van der Waals surface area (Å²) in [7, 11) is 0. The highest BCUT2D eigenvalue weighted by atomic mass is 16.6. The zero-order valence-electron chi connectivity index (χ0n) is 10.3. The molecule has 0 radical (unpaired) electrons. The van der Waals surface area contributed by atoms with Crippen LogP contribution in [-0.2, 0) is 4.74 Å². The van der Waals surface area contributed by atoms with E-state index in [0.717, 1.165) is 0 Å². The Morgan fingerprint density at radius 2 is 1.94 bits per heavy atom. The van der Waals surface area contributed by atoms with Crippen LogP contribution in [-0.4, -0.2) is 40.9 Å². The molecule has 4 nitrogen and oxygen atoms in total. The molecule has 2 aliphatic rings. The number of likely N-dealkylation sites (tertiary alicyclic amines) is 1. The topological polar surface area (TPSA) is 49.8 Å². The maximum Gasteiger partial charge on any atom is 0.410 e. The van der Waals surface area contributed by atoms with Crippen molar-refractivity contribution in [2.75, 3.05) is 13.1 Å². The summed E-state index contributed by atoms with van der Waals surface area (Å²) in [4.78, 5) is 13.4. The van der Waals surface area contributed by atoms with Gasteiger partial charge in [-0.3, -0.25) is 0 Å². The molecule has 0 aromatic rings. The normalized spacial score (nSPS) is 30.6. The molecule has 2 fully saturated rings. The summed E-state index contributed by atoms with van der Waals surface area (Å²) in [5.41, 5.74) is -0.459. The molecule has 2 rings (SSSR count). The van der Waals surface area contributed by atoms with Crippen LogP contribution in [0.25, 0.3) is 0 Å². The van der Waals surface area contributed by atoms with E-state index in [2.05, 4.69) is 0 Å². The summed E-state index contributed by atoms with van der Waals surface area (Å²) >= 11 is 0. The monoisotopic (exact) mass is 227 g/mol. The Hall–Kier alpha value is -0.770. The van der Waals surface area contributed by atoms with Crippen molar-refractivity contribution in [1.82, 2.24) is 4.90 Å². The van der Waals surface area contributed by atoms with E-state index in [1.165, 1.54) is 12.8 Å². The lowest BCUT2D eigenvalue weighted by molar-refractivity contribution is 0.0269. The zero-order chi connectivity index (χ0) is 11.9. The van der Waals surface area contributed by atoms with Crippen molar-refractivity contribution < 1.29 is 14.6 Å². The summed E-state index contributed by atoms with van der Waals surface area (Å²) in [5, 5.41) is 9.87. The number of ether oxygens (including phenoxy) is 1. The van der Waals surface area contributed by atoms with Gasteiger partial charge in [0.25, 0.3) is 0 Å². The van der Waals surface area contributed by atoms with Gasteiger partial charge in [-0.25, -0.2) is 4.79 Å². The third kappa shape index (κ3) is 2.67. The molecule has 0 bridgehead atoms. The predicted molar refractivity (Wildman–Crippen MR) is 60.0 cm³/mol. The van der Waals surface area contributed by atoms with Gasteiger partial charge in [-0.15, -0.1) is 0 Å². The van der Waals surface area contributed by atoms with Crippen molar-refractivity contribution in [3.05, 3.63) is 0 Å². The molecule has 0 unspecified atom stereocenters. The highest BCUT2D eigenvalue weighted by Crippen LogP contribution is 2.41. The quantitative estimate of drug-likeness (QED) is 0.740. The van der Waals surface area contributed by atoms with Crippen LogP contribution >= 0.6 is 0 Å². The van der Waals surface area contributed by atoms with Crippen molar-refractivity contribution >= 4 is 6.09 Å². The van der Waals surface area contributed by atoms with Gasteiger partial charge in [0.1, 0.15) is 5.60 Å². The fourth-order valence-electron chi connectivity index (χ4n) is 2.28. The van der Waals surface area contributed by atoms with Crippen LogP contribution in [0.15, 0.2) is 0 Å². The van der Waals surface area contributed by atoms with Crippen LogP contribution in [0, 0.1) is 11.8 Å². The molecule has 1 saturated carbocycles. The fraction of sp³-hybridized carbons (Fsp3) is 0.917. The van der Waals surface area contributed by atoms with E-state index in [9.17, 15) is 9.90 Å². The molecule has 2 atom stereocenters. The Morgan fingerprint density at radius 3 is 2.44 bits per heavy atom. The molecule has 1 amide bonds. The highest BCUT2D eigenvalue weighted by Gasteiger charge is 2.43. The average molecular weight is 227 g/mol. The molecule has 0 aromatic carbocycles. The largest absolute Gasteiger partial charge is 0.444 e. The molecule has 1 saturated heterocycles. The van der Waals surface area contributed by atoms with E-state index >= 15 is 0 Å². The molecule has 92 valence electrons. The number of hydrogen-bond acceptors (Lipinski definition) is 3. The van der Waals surface area contributed by atoms with Crippen LogP contribution in [0.3, 0.4) is 0 Å². The van der Waals surface area contributed by atoms with Crippen LogP contribution < -0.4 is 0 Å². The molecule has 4 heteroatoms. The van der Waals surface area contributed by atoms with Gasteiger partial charge in [0.15, 0.2) is 0 Å². The Bertz CT molecular complexity index is 280. The van der Waals surface area contributed by atoms with Crippen LogP contribution in [0.1, 0.15) is 33.6 Å². The first-order chi connectivity index (χ1) is 7.37. The van der Waals surface area contributed by atoms with Gasteiger partial charge < -0.3 is 14.7 Å². The van der Waals surface area contributed by atoms with Crippen LogP contribution in [0.2, 0.25) is 0 Å². The third-order valence-electron chi connectivity index (χ3n) is 3.21. The van der Waals surface area contributed by atoms with Crippen molar-refractivity contribution in [1.29, 1.82) is 0 Å². The molecular weight excluding hydrogens is 206 g/mol. The Kier molecular flexibility index (Phi) is 2.86. The van der Waals surface area contributed by atoms with Gasteiger partial charge in [0.2, 0.25) is 0 Å². The van der Waals surface area contributed by atoms with Gasteiger partial charge in [-0.2, -0.15) is 0 Å². The maximum absolute atomic E-state index is 11.8. The van der Waals surface area contributed by atoms with E-state index in [1.807, 2.05) is 20.8 Å². The molecule has 1 N–H and O–H groups in total. The molecule has 16 heavy (non-hydrogen) atoms. The lowest BCUT2D eigenvalue weighted by Crippen LogP contribution is -2.35. The first kappa shape index (κ1) is 11.7. The summed E-state index contributed by atoms with van der Waals surface area (Å²) < 4.78 is 5.29. The number of β-amino-alcohol motifs (C(OH)–C–C–N with tert-alkyl or cyclic N) is 1. The number of hydrogen-bond donors (Lipinski definition) is 1. The van der Waals surface area contributed by atoms with Crippen LogP contribution in [0.5, 0.6) is 0 Å². The van der Waals surface area contributed by atoms with Gasteiger partial charge in [0.05, 0.1) is 12.6 Å². The molecule has 1 heterocycles. The second kappa shape index (κ2) is 3.91. The number of nitrogens with zero attached hydrogens (tertiary/aromatic N) is 1. The number of carbonyl (C=O) groups excluding carboxylic acids is 1. The summed E-state index contributed by atoms with van der Waals surface area (Å²) in [5.74, 6) is 0.898. The van der Waals surface area contributed by atoms with Crippen LogP contribution in [0.4, 0.5) is 4.79 Å². The first-order valence-corrected chi connectivity index (χ1v) is 6.03. The first-order valence-electron chi connectivity index (χ1n) is 6.03. The summed E-state index contributed by atoms with van der Waals surface area (Å²) in [6.07, 6.45) is 1.74. The standard InChI is InChI=1S/C12H21NO3/c1-12(2,3)16-11(15)13-6-9(8-4-5-8)10(14)7-13/h8-10,14H,4-7H2,1-3H3/t9-,10-/m1/s1. The molecule has 1 aliphatic heterocycles. The summed E-state index contributed by atoms with van der Waals surface area (Å²) in [6.45, 7) is 6.65. The highest BCUT2D eigenvalue weighted by molar-refractivity contribution is 5.68. The Morgan fingerprint density at radius 1 is 1.31 bits per heavy atom. The average Bonchev–Trinajstić information content (AvgIpc) is 2.87. The number of aliphatic hydroxyl groups is 1. The van der Waals surface area contributed by atoms with E-state index in [-0.39, 0.29) is 18.1 Å². The predicted octanol–water partition coefficient (Wildman–Crippen LogP) is 1.62. The van der Waals surface area contributed by atoms with Crippen molar-refractivity contribution in [2.45, 2.75) is 45.3 Å². The minimum absolute atomic E-state index is 0.271. The van der Waals surface area contributed by atoms with E-state index in [4.69, 9.17) is 4.74 Å². The second-order valence-corrected chi connectivity index (χ2v) is 5.95. The van der Waals surface area contributed by atoms with Crippen molar-refractivity contribution in [3.8, 4) is 0 Å². The number of amides is 1. The molecular formula is C12H21NO3. The smallest absolute Gasteiger partial charge is 0.410 e.